The van der Waals surface area contributed by atoms with Gasteiger partial charge in [-0.2, -0.15) is 16.1 Å². The summed E-state index contributed by atoms with van der Waals surface area (Å²) in [6, 6.07) is 0. The zero-order valence-corrected chi connectivity index (χ0v) is 12.1. The molecule has 7 heteroatoms. The van der Waals surface area contributed by atoms with Crippen LogP contribution in [-0.4, -0.2) is 42.4 Å². The Morgan fingerprint density at radius 2 is 1.89 bits per heavy atom. The van der Waals surface area contributed by atoms with Crippen LogP contribution in [0.1, 0.15) is 17.1 Å². The SMILES string of the molecule is Cc1oc(C)c(S(=O)(=O)N2CCSCC2)c1CO. The Balaban J connectivity index is 2.46. The number of sulfonamides is 1. The second kappa shape index (κ2) is 5.24. The zero-order chi connectivity index (χ0) is 13.3. The van der Waals surface area contributed by atoms with E-state index in [-0.39, 0.29) is 11.5 Å². The maximum atomic E-state index is 12.5. The maximum absolute atomic E-state index is 12.5. The van der Waals surface area contributed by atoms with Gasteiger partial charge in [0.15, 0.2) is 0 Å². The van der Waals surface area contributed by atoms with Gasteiger partial charge in [0.05, 0.1) is 6.61 Å². The molecule has 1 aromatic heterocycles. The van der Waals surface area contributed by atoms with Crippen LogP contribution in [0.5, 0.6) is 0 Å². The molecule has 0 aromatic carbocycles. The third kappa shape index (κ3) is 2.32. The molecule has 0 bridgehead atoms. The summed E-state index contributed by atoms with van der Waals surface area (Å²) in [6.45, 7) is 4.00. The van der Waals surface area contributed by atoms with Gasteiger partial charge in [-0.1, -0.05) is 0 Å². The van der Waals surface area contributed by atoms with Crippen LogP contribution in [0.4, 0.5) is 0 Å². The third-order valence-corrected chi connectivity index (χ3v) is 6.09. The van der Waals surface area contributed by atoms with Gasteiger partial charge in [-0.3, -0.25) is 0 Å². The molecule has 5 nitrogen and oxygen atoms in total. The lowest BCUT2D eigenvalue weighted by atomic mass is 10.2. The van der Waals surface area contributed by atoms with Crippen LogP contribution in [0, 0.1) is 13.8 Å². The number of aryl methyl sites for hydroxylation is 2. The highest BCUT2D eigenvalue weighted by atomic mass is 32.2. The van der Waals surface area contributed by atoms with E-state index in [1.165, 1.54) is 4.31 Å². The lowest BCUT2D eigenvalue weighted by molar-refractivity contribution is 0.276. The Hall–Kier alpha value is -0.500. The first-order valence-corrected chi connectivity index (χ1v) is 8.35. The number of hydrogen-bond donors (Lipinski definition) is 1. The number of rotatable bonds is 3. The van der Waals surface area contributed by atoms with Crippen LogP contribution in [0.2, 0.25) is 0 Å². The number of aliphatic hydroxyl groups excluding tert-OH is 1. The van der Waals surface area contributed by atoms with Gasteiger partial charge >= 0.3 is 0 Å². The van der Waals surface area contributed by atoms with E-state index in [0.29, 0.717) is 30.2 Å². The van der Waals surface area contributed by atoms with E-state index in [1.54, 1.807) is 25.6 Å². The van der Waals surface area contributed by atoms with E-state index in [0.717, 1.165) is 11.5 Å². The second-order valence-corrected chi connectivity index (χ2v) is 7.30. The first-order valence-electron chi connectivity index (χ1n) is 5.76. The first kappa shape index (κ1) is 13.9. The monoisotopic (exact) mass is 291 g/mol. The van der Waals surface area contributed by atoms with E-state index in [1.807, 2.05) is 0 Å². The van der Waals surface area contributed by atoms with Crippen molar-refractivity contribution in [1.82, 2.24) is 4.31 Å². The van der Waals surface area contributed by atoms with Crippen LogP contribution in [0.15, 0.2) is 9.31 Å². The molecule has 2 rings (SSSR count). The van der Waals surface area contributed by atoms with Crippen LogP contribution in [0.3, 0.4) is 0 Å². The summed E-state index contributed by atoms with van der Waals surface area (Å²) in [5.74, 6) is 2.45. The van der Waals surface area contributed by atoms with E-state index < -0.39 is 10.0 Å². The number of aliphatic hydroxyl groups is 1. The number of nitrogens with zero attached hydrogens (tertiary/aromatic N) is 1. The van der Waals surface area contributed by atoms with Crippen LogP contribution in [0.25, 0.3) is 0 Å². The molecule has 18 heavy (non-hydrogen) atoms. The minimum Gasteiger partial charge on any atom is -0.465 e. The summed E-state index contributed by atoms with van der Waals surface area (Å²) in [5.41, 5.74) is 0.380. The number of hydrogen-bond acceptors (Lipinski definition) is 5. The zero-order valence-electron chi connectivity index (χ0n) is 10.5. The quantitative estimate of drug-likeness (QED) is 0.904. The van der Waals surface area contributed by atoms with Gasteiger partial charge < -0.3 is 9.52 Å². The molecular weight excluding hydrogens is 274 g/mol. The standard InChI is InChI=1S/C11H17NO4S2/c1-8-10(7-13)11(9(2)16-8)18(14,15)12-3-5-17-6-4-12/h13H,3-7H2,1-2H3. The predicted octanol–water partition coefficient (Wildman–Crippen LogP) is 1.13. The average Bonchev–Trinajstić information content (AvgIpc) is 2.65. The van der Waals surface area contributed by atoms with Crippen molar-refractivity contribution in [2.75, 3.05) is 24.6 Å². The predicted molar refractivity (Wildman–Crippen MR) is 70.2 cm³/mol. The third-order valence-electron chi connectivity index (χ3n) is 3.05. The van der Waals surface area contributed by atoms with E-state index >= 15 is 0 Å². The summed E-state index contributed by atoms with van der Waals surface area (Å²) >= 11 is 1.75. The molecule has 0 amide bonds. The molecule has 1 aliphatic rings. The van der Waals surface area contributed by atoms with Crippen molar-refractivity contribution in [1.29, 1.82) is 0 Å². The number of thioether (sulfide) groups is 1. The van der Waals surface area contributed by atoms with Gasteiger partial charge in [0.2, 0.25) is 10.0 Å². The molecule has 1 N–H and O–H groups in total. The molecule has 2 heterocycles. The van der Waals surface area contributed by atoms with Crippen molar-refractivity contribution in [2.45, 2.75) is 25.3 Å². The average molecular weight is 291 g/mol. The second-order valence-electron chi connectivity index (χ2n) is 4.20. The molecule has 1 saturated heterocycles. The molecule has 1 aromatic rings. The fourth-order valence-electron chi connectivity index (χ4n) is 2.15. The maximum Gasteiger partial charge on any atom is 0.246 e. The first-order chi connectivity index (χ1) is 8.48. The fraction of sp³-hybridized carbons (Fsp3) is 0.636. The van der Waals surface area contributed by atoms with E-state index in [9.17, 15) is 13.5 Å². The molecule has 0 atom stereocenters. The highest BCUT2D eigenvalue weighted by Gasteiger charge is 2.32. The van der Waals surface area contributed by atoms with Crippen LogP contribution >= 0.6 is 11.8 Å². The molecule has 0 spiro atoms. The van der Waals surface area contributed by atoms with Crippen molar-refractivity contribution in [3.05, 3.63) is 17.1 Å². The van der Waals surface area contributed by atoms with Crippen molar-refractivity contribution in [3.8, 4) is 0 Å². The lowest BCUT2D eigenvalue weighted by Gasteiger charge is -2.25. The van der Waals surface area contributed by atoms with Crippen molar-refractivity contribution < 1.29 is 17.9 Å². The van der Waals surface area contributed by atoms with Crippen molar-refractivity contribution >= 4 is 21.8 Å². The molecular formula is C11H17NO4S2. The Bertz CT molecular complexity index is 529. The van der Waals surface area contributed by atoms with Gasteiger partial charge in [0, 0.05) is 30.2 Å². The van der Waals surface area contributed by atoms with Crippen LogP contribution < -0.4 is 0 Å². The van der Waals surface area contributed by atoms with Crippen LogP contribution in [-0.2, 0) is 16.6 Å². The minimum atomic E-state index is -3.55. The highest BCUT2D eigenvalue weighted by Crippen LogP contribution is 2.30. The summed E-state index contributed by atoms with van der Waals surface area (Å²) in [7, 11) is -3.55. The van der Waals surface area contributed by atoms with E-state index in [2.05, 4.69) is 0 Å². The van der Waals surface area contributed by atoms with Gasteiger partial charge in [-0.15, -0.1) is 0 Å². The van der Waals surface area contributed by atoms with Crippen molar-refractivity contribution in [3.63, 3.8) is 0 Å². The minimum absolute atomic E-state index is 0.148. The van der Waals surface area contributed by atoms with Gasteiger partial charge in [0.25, 0.3) is 0 Å². The fourth-order valence-corrected chi connectivity index (χ4v) is 5.13. The Kier molecular flexibility index (Phi) is 4.05. The molecule has 0 unspecified atom stereocenters. The summed E-state index contributed by atoms with van der Waals surface area (Å²) in [6.07, 6.45) is 0. The summed E-state index contributed by atoms with van der Waals surface area (Å²) < 4.78 is 31.9. The summed E-state index contributed by atoms with van der Waals surface area (Å²) in [4.78, 5) is 0.148. The molecule has 1 fully saturated rings. The van der Waals surface area contributed by atoms with Crippen molar-refractivity contribution in [2.24, 2.45) is 0 Å². The topological polar surface area (TPSA) is 70.8 Å². The van der Waals surface area contributed by atoms with Gasteiger partial charge in [-0.25, -0.2) is 8.42 Å². The Morgan fingerprint density at radius 3 is 2.44 bits per heavy atom. The smallest absolute Gasteiger partial charge is 0.246 e. The Morgan fingerprint density at radius 1 is 1.28 bits per heavy atom. The highest BCUT2D eigenvalue weighted by molar-refractivity contribution is 7.99. The summed E-state index contributed by atoms with van der Waals surface area (Å²) in [5, 5.41) is 9.33. The lowest BCUT2D eigenvalue weighted by Crippen LogP contribution is -2.38. The molecule has 102 valence electrons. The molecule has 0 radical (unpaired) electrons. The van der Waals surface area contributed by atoms with Gasteiger partial charge in [0.1, 0.15) is 16.4 Å². The van der Waals surface area contributed by atoms with Gasteiger partial charge in [-0.05, 0) is 13.8 Å². The largest absolute Gasteiger partial charge is 0.465 e. The Labute approximate surface area is 111 Å². The molecule has 0 saturated carbocycles. The van der Waals surface area contributed by atoms with E-state index in [4.69, 9.17) is 4.42 Å². The normalized spacial score (nSPS) is 18.2. The molecule has 1 aliphatic heterocycles. The molecule has 0 aliphatic carbocycles. The number of furan rings is 1.